The number of rotatable bonds is 8. The molecule has 6 heteroatoms. The van der Waals surface area contributed by atoms with E-state index in [0.29, 0.717) is 23.5 Å². The Labute approximate surface area is 173 Å². The second-order valence-corrected chi connectivity index (χ2v) is 8.56. The molecule has 1 saturated heterocycles. The predicted molar refractivity (Wildman–Crippen MR) is 116 cm³/mol. The maximum atomic E-state index is 12.7. The number of nitrogens with one attached hydrogen (secondary N) is 1. The zero-order chi connectivity index (χ0) is 20.2. The lowest BCUT2D eigenvalue weighted by atomic mass is 10.1. The van der Waals surface area contributed by atoms with Gasteiger partial charge in [0.1, 0.15) is 11.5 Å². The smallest absolute Gasteiger partial charge is 0.270 e. The number of anilines is 2. The van der Waals surface area contributed by atoms with E-state index in [-0.39, 0.29) is 5.91 Å². The van der Waals surface area contributed by atoms with E-state index in [2.05, 4.69) is 46.4 Å². The maximum absolute atomic E-state index is 12.7. The number of nitrogens with zero attached hydrogens (tertiary/aromatic N) is 4. The third-order valence-corrected chi connectivity index (χ3v) is 5.85. The lowest BCUT2D eigenvalue weighted by molar-refractivity contribution is 0.0946. The van der Waals surface area contributed by atoms with Gasteiger partial charge in [0.15, 0.2) is 0 Å². The molecule has 1 amide bonds. The Bertz CT molecular complexity index is 836. The number of amides is 1. The van der Waals surface area contributed by atoms with Crippen molar-refractivity contribution in [1.82, 2.24) is 15.3 Å². The second kappa shape index (κ2) is 8.80. The maximum Gasteiger partial charge on any atom is 0.270 e. The predicted octanol–water partition coefficient (Wildman–Crippen LogP) is 3.14. The topological polar surface area (TPSA) is 61.4 Å². The molecule has 4 rings (SSSR count). The monoisotopic (exact) mass is 393 g/mol. The minimum atomic E-state index is -0.0921. The molecule has 0 radical (unpaired) electrons. The molecular weight excluding hydrogens is 362 g/mol. The molecule has 2 aromatic rings. The molecule has 1 aromatic carbocycles. The van der Waals surface area contributed by atoms with Crippen molar-refractivity contribution in [1.29, 1.82) is 0 Å². The highest BCUT2D eigenvalue weighted by molar-refractivity contribution is 5.93. The second-order valence-electron chi connectivity index (χ2n) is 8.56. The van der Waals surface area contributed by atoms with Gasteiger partial charge in [-0.25, -0.2) is 4.98 Å². The van der Waals surface area contributed by atoms with Crippen LogP contribution in [0, 0.1) is 11.8 Å². The Morgan fingerprint density at radius 1 is 1.21 bits per heavy atom. The lowest BCUT2D eigenvalue weighted by Crippen LogP contribution is -2.30. The molecule has 2 heterocycles. The molecule has 1 aromatic heterocycles. The zero-order valence-electron chi connectivity index (χ0n) is 17.5. The molecule has 1 N–H and O–H groups in total. The summed E-state index contributed by atoms with van der Waals surface area (Å²) in [4.78, 5) is 26.5. The van der Waals surface area contributed by atoms with Gasteiger partial charge in [-0.1, -0.05) is 37.3 Å². The average molecular weight is 394 g/mol. The van der Waals surface area contributed by atoms with Crippen molar-refractivity contribution < 1.29 is 4.79 Å². The number of benzene rings is 1. The fraction of sp³-hybridized carbons (Fsp3) is 0.522. The first-order valence-electron chi connectivity index (χ1n) is 10.8. The van der Waals surface area contributed by atoms with Crippen LogP contribution in [0.3, 0.4) is 0 Å². The number of likely N-dealkylation sites (N-methyl/N-ethyl adjacent to an activating group) is 1. The van der Waals surface area contributed by atoms with E-state index in [4.69, 9.17) is 4.98 Å². The van der Waals surface area contributed by atoms with Crippen molar-refractivity contribution in [2.45, 2.75) is 32.6 Å². The zero-order valence-corrected chi connectivity index (χ0v) is 17.5. The first-order valence-corrected chi connectivity index (χ1v) is 10.8. The van der Waals surface area contributed by atoms with Gasteiger partial charge in [0.25, 0.3) is 5.91 Å². The normalized spacial score (nSPS) is 18.7. The molecule has 1 atom stereocenters. The SMILES string of the molecule is CC1CCN(c2cc(C(=O)NCC3CC3)nc(N(C)CCc3ccccc3)n2)C1. The Morgan fingerprint density at radius 3 is 2.69 bits per heavy atom. The van der Waals surface area contributed by atoms with Crippen LogP contribution in [0.4, 0.5) is 11.8 Å². The van der Waals surface area contributed by atoms with E-state index in [9.17, 15) is 4.79 Å². The van der Waals surface area contributed by atoms with Crippen LogP contribution >= 0.6 is 0 Å². The third kappa shape index (κ3) is 5.25. The fourth-order valence-corrected chi connectivity index (χ4v) is 3.71. The summed E-state index contributed by atoms with van der Waals surface area (Å²) in [6.45, 7) is 5.77. The molecule has 29 heavy (non-hydrogen) atoms. The summed E-state index contributed by atoms with van der Waals surface area (Å²) in [7, 11) is 2.00. The summed E-state index contributed by atoms with van der Waals surface area (Å²) in [6.07, 6.45) is 4.50. The van der Waals surface area contributed by atoms with Gasteiger partial charge >= 0.3 is 0 Å². The molecular formula is C23H31N5O. The Hall–Kier alpha value is -2.63. The van der Waals surface area contributed by atoms with Gasteiger partial charge in [0.05, 0.1) is 0 Å². The summed E-state index contributed by atoms with van der Waals surface area (Å²) >= 11 is 0. The molecule has 1 unspecified atom stereocenters. The number of aromatic nitrogens is 2. The highest BCUT2D eigenvalue weighted by atomic mass is 16.1. The minimum Gasteiger partial charge on any atom is -0.356 e. The summed E-state index contributed by atoms with van der Waals surface area (Å²) in [5.74, 6) is 2.69. The van der Waals surface area contributed by atoms with Crippen LogP contribution in [-0.4, -0.2) is 49.1 Å². The van der Waals surface area contributed by atoms with E-state index in [1.807, 2.05) is 24.1 Å². The van der Waals surface area contributed by atoms with Crippen LogP contribution < -0.4 is 15.1 Å². The van der Waals surface area contributed by atoms with Crippen LogP contribution in [0.15, 0.2) is 36.4 Å². The van der Waals surface area contributed by atoms with Crippen LogP contribution in [0.2, 0.25) is 0 Å². The van der Waals surface area contributed by atoms with Crippen LogP contribution in [0.1, 0.15) is 42.2 Å². The van der Waals surface area contributed by atoms with E-state index in [1.165, 1.54) is 18.4 Å². The van der Waals surface area contributed by atoms with Gasteiger partial charge in [0.2, 0.25) is 5.95 Å². The summed E-state index contributed by atoms with van der Waals surface area (Å²) in [6, 6.07) is 12.3. The quantitative estimate of drug-likeness (QED) is 0.747. The van der Waals surface area contributed by atoms with E-state index in [0.717, 1.165) is 44.8 Å². The molecule has 1 aliphatic carbocycles. The van der Waals surface area contributed by atoms with Gasteiger partial charge < -0.3 is 15.1 Å². The Balaban J connectivity index is 1.51. The van der Waals surface area contributed by atoms with Gasteiger partial charge in [-0.15, -0.1) is 0 Å². The van der Waals surface area contributed by atoms with Crippen molar-refractivity contribution in [2.24, 2.45) is 11.8 Å². The van der Waals surface area contributed by atoms with Gasteiger partial charge in [0, 0.05) is 39.3 Å². The lowest BCUT2D eigenvalue weighted by Gasteiger charge is -2.22. The van der Waals surface area contributed by atoms with Gasteiger partial charge in [-0.3, -0.25) is 4.79 Å². The van der Waals surface area contributed by atoms with Gasteiger partial charge in [-0.05, 0) is 43.1 Å². The summed E-state index contributed by atoms with van der Waals surface area (Å²) in [5.41, 5.74) is 1.75. The van der Waals surface area contributed by atoms with Crippen LogP contribution in [0.5, 0.6) is 0 Å². The van der Waals surface area contributed by atoms with E-state index in [1.54, 1.807) is 0 Å². The van der Waals surface area contributed by atoms with E-state index < -0.39 is 0 Å². The largest absolute Gasteiger partial charge is 0.356 e. The van der Waals surface area contributed by atoms with Crippen molar-refractivity contribution in [3.63, 3.8) is 0 Å². The average Bonchev–Trinajstić information content (AvgIpc) is 3.48. The van der Waals surface area contributed by atoms with Crippen LogP contribution in [-0.2, 0) is 6.42 Å². The molecule has 1 aliphatic heterocycles. The molecule has 6 nitrogen and oxygen atoms in total. The van der Waals surface area contributed by atoms with Crippen LogP contribution in [0.25, 0.3) is 0 Å². The number of carbonyl (C=O) groups is 1. The third-order valence-electron chi connectivity index (χ3n) is 5.85. The van der Waals surface area contributed by atoms with Crippen molar-refractivity contribution >= 4 is 17.7 Å². The molecule has 2 fully saturated rings. The molecule has 2 aliphatic rings. The first kappa shape index (κ1) is 19.7. The highest BCUT2D eigenvalue weighted by Gasteiger charge is 2.25. The van der Waals surface area contributed by atoms with Crippen molar-refractivity contribution in [2.75, 3.05) is 43.0 Å². The molecule has 0 spiro atoms. The summed E-state index contributed by atoms with van der Waals surface area (Å²) in [5, 5.41) is 3.05. The number of carbonyl (C=O) groups excluding carboxylic acids is 1. The van der Waals surface area contributed by atoms with Gasteiger partial charge in [-0.2, -0.15) is 4.98 Å². The van der Waals surface area contributed by atoms with Crippen molar-refractivity contribution in [3.05, 3.63) is 47.7 Å². The Kier molecular flexibility index (Phi) is 5.97. The van der Waals surface area contributed by atoms with Crippen molar-refractivity contribution in [3.8, 4) is 0 Å². The number of hydrogen-bond acceptors (Lipinski definition) is 5. The summed E-state index contributed by atoms with van der Waals surface area (Å²) < 4.78 is 0. The number of hydrogen-bond donors (Lipinski definition) is 1. The first-order chi connectivity index (χ1) is 14.1. The standard InChI is InChI=1S/C23H31N5O/c1-17-10-13-28(16-17)21-14-20(22(29)24-15-19-8-9-19)25-23(26-21)27(2)12-11-18-6-4-3-5-7-18/h3-7,14,17,19H,8-13,15-16H2,1-2H3,(H,24,29). The fourth-order valence-electron chi connectivity index (χ4n) is 3.71. The Morgan fingerprint density at radius 2 is 2.00 bits per heavy atom. The highest BCUT2D eigenvalue weighted by Crippen LogP contribution is 2.28. The van der Waals surface area contributed by atoms with E-state index >= 15 is 0 Å². The molecule has 0 bridgehead atoms. The molecule has 1 saturated carbocycles. The molecule has 154 valence electrons. The minimum absolute atomic E-state index is 0.0921.